The van der Waals surface area contributed by atoms with Gasteiger partial charge in [0.25, 0.3) is 0 Å². The number of hydrogen-bond donors (Lipinski definition) is 0. The summed E-state index contributed by atoms with van der Waals surface area (Å²) in [6, 6.07) is 9.32. The van der Waals surface area contributed by atoms with Gasteiger partial charge in [-0.1, -0.05) is 11.8 Å². The molecule has 0 fully saturated rings. The topological polar surface area (TPSA) is 69.9 Å². The average molecular weight is 390 g/mol. The molecule has 0 radical (unpaired) electrons. The van der Waals surface area contributed by atoms with Crippen LogP contribution in [0.4, 0.5) is 8.78 Å². The molecule has 0 aliphatic rings. The zero-order valence-electron chi connectivity index (χ0n) is 14.4. The van der Waals surface area contributed by atoms with Gasteiger partial charge in [-0.25, -0.2) is 0 Å². The second-order valence-electron chi connectivity index (χ2n) is 5.40. The lowest BCUT2D eigenvalue weighted by molar-refractivity contribution is -0.0498. The summed E-state index contributed by atoms with van der Waals surface area (Å²) in [5.74, 6) is 0.744. The Kier molecular flexibility index (Phi) is 6.12. The maximum Gasteiger partial charge on any atom is 0.387 e. The van der Waals surface area contributed by atoms with Gasteiger partial charge in [-0.15, -0.1) is 10.2 Å². The van der Waals surface area contributed by atoms with E-state index in [-0.39, 0.29) is 17.3 Å². The van der Waals surface area contributed by atoms with Crippen molar-refractivity contribution in [2.75, 3.05) is 5.75 Å². The van der Waals surface area contributed by atoms with E-state index in [2.05, 4.69) is 19.9 Å². The Hall–Kier alpha value is -2.81. The van der Waals surface area contributed by atoms with Gasteiger partial charge >= 0.3 is 6.61 Å². The van der Waals surface area contributed by atoms with Gasteiger partial charge in [0, 0.05) is 30.1 Å². The molecule has 0 amide bonds. The molecule has 0 aliphatic carbocycles. The van der Waals surface area contributed by atoms with E-state index in [1.165, 1.54) is 36.0 Å². The minimum Gasteiger partial charge on any atom is -0.435 e. The Bertz CT molecular complexity index is 901. The molecule has 2 aromatic heterocycles. The third-order valence-corrected chi connectivity index (χ3v) is 4.67. The normalized spacial score (nSPS) is 11.0. The molecule has 0 bridgehead atoms. The summed E-state index contributed by atoms with van der Waals surface area (Å²) >= 11 is 1.28. The van der Waals surface area contributed by atoms with E-state index in [1.807, 2.05) is 23.6 Å². The van der Waals surface area contributed by atoms with Crippen LogP contribution >= 0.6 is 11.8 Å². The number of ketones is 1. The van der Waals surface area contributed by atoms with Crippen molar-refractivity contribution < 1.29 is 18.3 Å². The van der Waals surface area contributed by atoms with E-state index >= 15 is 0 Å². The Morgan fingerprint density at radius 2 is 1.85 bits per heavy atom. The van der Waals surface area contributed by atoms with E-state index in [0.717, 1.165) is 5.56 Å². The van der Waals surface area contributed by atoms with E-state index in [4.69, 9.17) is 0 Å². The molecule has 1 aromatic carbocycles. The fraction of sp³-hybridized carbons (Fsp3) is 0.222. The summed E-state index contributed by atoms with van der Waals surface area (Å²) in [4.78, 5) is 16.3. The largest absolute Gasteiger partial charge is 0.435 e. The molecule has 0 saturated heterocycles. The van der Waals surface area contributed by atoms with Gasteiger partial charge in [-0.2, -0.15) is 8.78 Å². The number of ether oxygens (including phenoxy) is 1. The number of thioether (sulfide) groups is 1. The SMILES string of the molecule is CCn1c(SCC(=O)c2ccc(OC(F)F)cc2)nnc1-c1ccncc1. The highest BCUT2D eigenvalue weighted by molar-refractivity contribution is 7.99. The number of Topliss-reactive ketones (excluding diaryl/α,β-unsaturated/α-hetero) is 1. The molecule has 0 aliphatic heterocycles. The van der Waals surface area contributed by atoms with Crippen LogP contribution in [0.15, 0.2) is 53.9 Å². The first-order valence-electron chi connectivity index (χ1n) is 8.13. The van der Waals surface area contributed by atoms with E-state index < -0.39 is 6.61 Å². The van der Waals surface area contributed by atoms with Gasteiger partial charge in [-0.3, -0.25) is 9.78 Å². The predicted molar refractivity (Wildman–Crippen MR) is 97.1 cm³/mol. The number of hydrogen-bond acceptors (Lipinski definition) is 6. The first kappa shape index (κ1) is 19.0. The third kappa shape index (κ3) is 4.68. The van der Waals surface area contributed by atoms with Crippen molar-refractivity contribution in [1.29, 1.82) is 0 Å². The van der Waals surface area contributed by atoms with Crippen molar-refractivity contribution in [3.8, 4) is 17.1 Å². The molecule has 3 aromatic rings. The van der Waals surface area contributed by atoms with Crippen LogP contribution in [0.25, 0.3) is 11.4 Å². The molecule has 0 atom stereocenters. The second-order valence-corrected chi connectivity index (χ2v) is 6.34. The van der Waals surface area contributed by atoms with Crippen LogP contribution in [0.1, 0.15) is 17.3 Å². The zero-order chi connectivity index (χ0) is 19.2. The van der Waals surface area contributed by atoms with Crippen LogP contribution in [-0.2, 0) is 6.54 Å². The number of pyridine rings is 1. The molecule has 0 N–H and O–H groups in total. The van der Waals surface area contributed by atoms with Gasteiger partial charge in [0.1, 0.15) is 5.75 Å². The number of carbonyl (C=O) groups excluding carboxylic acids is 1. The number of aromatic nitrogens is 4. The number of carbonyl (C=O) groups is 1. The summed E-state index contributed by atoms with van der Waals surface area (Å²) in [6.45, 7) is -0.264. The lowest BCUT2D eigenvalue weighted by atomic mass is 10.1. The van der Waals surface area contributed by atoms with Gasteiger partial charge in [0.15, 0.2) is 16.8 Å². The fourth-order valence-corrected chi connectivity index (χ4v) is 3.33. The highest BCUT2D eigenvalue weighted by Gasteiger charge is 2.15. The molecule has 0 unspecified atom stereocenters. The molecule has 3 rings (SSSR count). The minimum absolute atomic E-state index is 0.0157. The molecule has 2 heterocycles. The number of benzene rings is 1. The van der Waals surface area contributed by atoms with Crippen molar-refractivity contribution in [2.24, 2.45) is 0 Å². The third-order valence-electron chi connectivity index (χ3n) is 3.71. The average Bonchev–Trinajstić information content (AvgIpc) is 3.10. The van der Waals surface area contributed by atoms with Gasteiger partial charge in [0.05, 0.1) is 5.75 Å². The van der Waals surface area contributed by atoms with Crippen molar-refractivity contribution in [3.05, 3.63) is 54.4 Å². The summed E-state index contributed by atoms with van der Waals surface area (Å²) in [5.41, 5.74) is 1.31. The maximum atomic E-state index is 12.4. The standard InChI is InChI=1S/C18H16F2N4O2S/c1-2-24-16(13-7-9-21-10-8-13)22-23-18(24)27-11-15(25)12-3-5-14(6-4-12)26-17(19)20/h3-10,17H,2,11H2,1H3. The van der Waals surface area contributed by atoms with Crippen LogP contribution in [0, 0.1) is 0 Å². The number of alkyl halides is 2. The molecular formula is C18H16F2N4O2S. The predicted octanol–water partition coefficient (Wildman–Crippen LogP) is 3.94. The van der Waals surface area contributed by atoms with Gasteiger partial charge in [-0.05, 0) is 43.3 Å². The van der Waals surface area contributed by atoms with Crippen molar-refractivity contribution in [2.45, 2.75) is 25.2 Å². The van der Waals surface area contributed by atoms with Crippen molar-refractivity contribution >= 4 is 17.5 Å². The first-order chi connectivity index (χ1) is 13.1. The molecular weight excluding hydrogens is 374 g/mol. The van der Waals surface area contributed by atoms with Crippen LogP contribution < -0.4 is 4.74 Å². The highest BCUT2D eigenvalue weighted by atomic mass is 32.2. The smallest absolute Gasteiger partial charge is 0.387 e. The van der Waals surface area contributed by atoms with E-state index in [0.29, 0.717) is 23.1 Å². The van der Waals surface area contributed by atoms with Crippen LogP contribution in [0.5, 0.6) is 5.75 Å². The van der Waals surface area contributed by atoms with Gasteiger partial charge in [0.2, 0.25) is 0 Å². The van der Waals surface area contributed by atoms with Crippen molar-refractivity contribution in [3.63, 3.8) is 0 Å². The van der Waals surface area contributed by atoms with Crippen molar-refractivity contribution in [1.82, 2.24) is 19.7 Å². The summed E-state index contributed by atoms with van der Waals surface area (Å²) < 4.78 is 30.5. The van der Waals surface area contributed by atoms with Gasteiger partial charge < -0.3 is 9.30 Å². The maximum absolute atomic E-state index is 12.4. The lowest BCUT2D eigenvalue weighted by Gasteiger charge is -2.07. The molecule has 27 heavy (non-hydrogen) atoms. The fourth-order valence-electron chi connectivity index (χ4n) is 2.43. The Balaban J connectivity index is 1.68. The summed E-state index contributed by atoms with van der Waals surface area (Å²) in [5, 5.41) is 9.02. The second kappa shape index (κ2) is 8.72. The number of nitrogens with zero attached hydrogens (tertiary/aromatic N) is 4. The van der Waals surface area contributed by atoms with E-state index in [9.17, 15) is 13.6 Å². The summed E-state index contributed by atoms with van der Waals surface area (Å²) in [6.07, 6.45) is 3.36. The monoisotopic (exact) mass is 390 g/mol. The quantitative estimate of drug-likeness (QED) is 0.429. The summed E-state index contributed by atoms with van der Waals surface area (Å²) in [7, 11) is 0. The molecule has 0 spiro atoms. The Morgan fingerprint density at radius 1 is 1.15 bits per heavy atom. The Labute approximate surface area is 158 Å². The Morgan fingerprint density at radius 3 is 2.48 bits per heavy atom. The van der Waals surface area contributed by atoms with Crippen LogP contribution in [0.3, 0.4) is 0 Å². The lowest BCUT2D eigenvalue weighted by Crippen LogP contribution is -2.06. The molecule has 0 saturated carbocycles. The van der Waals surface area contributed by atoms with Crippen LogP contribution in [0.2, 0.25) is 0 Å². The number of rotatable bonds is 8. The molecule has 9 heteroatoms. The highest BCUT2D eigenvalue weighted by Crippen LogP contribution is 2.24. The van der Waals surface area contributed by atoms with Crippen LogP contribution in [-0.4, -0.2) is 37.9 Å². The molecule has 140 valence electrons. The zero-order valence-corrected chi connectivity index (χ0v) is 15.2. The first-order valence-corrected chi connectivity index (χ1v) is 9.11. The minimum atomic E-state index is -2.89. The molecule has 6 nitrogen and oxygen atoms in total. The van der Waals surface area contributed by atoms with E-state index in [1.54, 1.807) is 12.4 Å². The number of halogens is 2.